The number of carbonyl (C=O) groups is 3. The number of carboxylic acid groups (broad SMARTS) is 1. The van der Waals surface area contributed by atoms with Gasteiger partial charge in [0, 0.05) is 47.5 Å². The fraction of sp³-hybridized carbons (Fsp3) is 0.333. The number of rotatable bonds is 10. The number of anilines is 1. The Morgan fingerprint density at radius 1 is 1.05 bits per heavy atom. The molecule has 0 saturated carbocycles. The highest BCUT2D eigenvalue weighted by Gasteiger charge is 2.20. The van der Waals surface area contributed by atoms with E-state index in [-0.39, 0.29) is 18.2 Å². The topological polar surface area (TPSA) is 118 Å². The predicted molar refractivity (Wildman–Crippen MR) is 151 cm³/mol. The van der Waals surface area contributed by atoms with Crippen molar-refractivity contribution in [3.8, 4) is 0 Å². The number of carboxylic acids is 1. The molecule has 9 nitrogen and oxygen atoms in total. The second-order valence-electron chi connectivity index (χ2n) is 10.0. The van der Waals surface area contributed by atoms with E-state index in [4.69, 9.17) is 5.11 Å². The summed E-state index contributed by atoms with van der Waals surface area (Å²) in [5, 5.41) is 20.4. The van der Waals surface area contributed by atoms with Gasteiger partial charge < -0.3 is 20.3 Å². The van der Waals surface area contributed by atoms with Crippen LogP contribution in [0.4, 0.5) is 5.69 Å². The van der Waals surface area contributed by atoms with Gasteiger partial charge in [0.05, 0.1) is 12.2 Å². The number of aryl methyl sites for hydroxylation is 4. The minimum atomic E-state index is -0.846. The Bertz CT molecular complexity index is 1550. The molecule has 3 N–H and O–H groups in total. The number of fused-ring (bicyclic) bond motifs is 1. The second-order valence-corrected chi connectivity index (χ2v) is 10.0. The van der Waals surface area contributed by atoms with Crippen LogP contribution in [0.15, 0.2) is 48.7 Å². The standard InChI is InChI=1S/C30H35N5O4/c1-18-16-34(27-15-24(30(39)31-5)11-12-25(18)27)21(4)29(38)32-26-14-22(17-35-20(3)13-19(2)33-35)9-10-23(26)7-6-8-28(36)37/h9-16,21H,6-8,17H2,1-5H3,(H,31,39)(H,32,38)(H,36,37). The number of amides is 2. The molecular weight excluding hydrogens is 494 g/mol. The van der Waals surface area contributed by atoms with E-state index < -0.39 is 12.0 Å². The van der Waals surface area contributed by atoms with E-state index in [2.05, 4.69) is 15.7 Å². The third-order valence-electron chi connectivity index (χ3n) is 7.02. The Morgan fingerprint density at radius 3 is 2.49 bits per heavy atom. The van der Waals surface area contributed by atoms with E-state index in [0.29, 0.717) is 30.6 Å². The van der Waals surface area contributed by atoms with Crippen molar-refractivity contribution in [1.82, 2.24) is 19.7 Å². The highest BCUT2D eigenvalue weighted by Crippen LogP contribution is 2.28. The zero-order chi connectivity index (χ0) is 28.3. The van der Waals surface area contributed by atoms with Crippen molar-refractivity contribution >= 4 is 34.4 Å². The summed E-state index contributed by atoms with van der Waals surface area (Å²) in [5.74, 6) is -1.24. The Hall–Kier alpha value is -4.40. The van der Waals surface area contributed by atoms with Gasteiger partial charge in [-0.3, -0.25) is 19.1 Å². The largest absolute Gasteiger partial charge is 0.481 e. The number of nitrogens with one attached hydrogen (secondary N) is 2. The van der Waals surface area contributed by atoms with Crippen molar-refractivity contribution in [3.63, 3.8) is 0 Å². The minimum absolute atomic E-state index is 0.0552. The van der Waals surface area contributed by atoms with Gasteiger partial charge in [-0.15, -0.1) is 0 Å². The van der Waals surface area contributed by atoms with Crippen molar-refractivity contribution in [1.29, 1.82) is 0 Å². The lowest BCUT2D eigenvalue weighted by atomic mass is 10.0. The summed E-state index contributed by atoms with van der Waals surface area (Å²) < 4.78 is 3.80. The van der Waals surface area contributed by atoms with Crippen LogP contribution in [0, 0.1) is 20.8 Å². The van der Waals surface area contributed by atoms with Crippen molar-refractivity contribution < 1.29 is 19.5 Å². The SMILES string of the molecule is CNC(=O)c1ccc2c(C)cn(C(C)C(=O)Nc3cc(Cn4nc(C)cc4C)ccc3CCCC(=O)O)c2c1. The fourth-order valence-corrected chi connectivity index (χ4v) is 4.89. The number of hydrogen-bond donors (Lipinski definition) is 3. The smallest absolute Gasteiger partial charge is 0.303 e. The molecule has 2 heterocycles. The Kier molecular flexibility index (Phi) is 8.18. The van der Waals surface area contributed by atoms with Crippen molar-refractivity contribution in [2.75, 3.05) is 12.4 Å². The van der Waals surface area contributed by atoms with E-state index in [1.807, 2.05) is 73.5 Å². The summed E-state index contributed by atoms with van der Waals surface area (Å²) in [5.41, 5.74) is 6.83. The number of carbonyl (C=O) groups excluding carboxylic acids is 2. The van der Waals surface area contributed by atoms with Crippen LogP contribution in [-0.4, -0.2) is 44.3 Å². The number of hydrogen-bond acceptors (Lipinski definition) is 4. The normalized spacial score (nSPS) is 11.9. The first-order chi connectivity index (χ1) is 18.6. The summed E-state index contributed by atoms with van der Waals surface area (Å²) in [6.07, 6.45) is 2.97. The van der Waals surface area contributed by atoms with Crippen LogP contribution in [0.25, 0.3) is 10.9 Å². The molecule has 0 aliphatic heterocycles. The van der Waals surface area contributed by atoms with E-state index in [9.17, 15) is 14.4 Å². The van der Waals surface area contributed by atoms with Crippen molar-refractivity contribution in [2.45, 2.75) is 59.5 Å². The molecule has 1 unspecified atom stereocenters. The lowest BCUT2D eigenvalue weighted by Crippen LogP contribution is -2.24. The van der Waals surface area contributed by atoms with Crippen molar-refractivity contribution in [2.24, 2.45) is 0 Å². The molecule has 0 bridgehead atoms. The molecule has 0 radical (unpaired) electrons. The second kappa shape index (κ2) is 11.6. The molecule has 2 aromatic heterocycles. The van der Waals surface area contributed by atoms with Gasteiger partial charge in [-0.1, -0.05) is 18.2 Å². The van der Waals surface area contributed by atoms with Crippen LogP contribution in [0.5, 0.6) is 0 Å². The highest BCUT2D eigenvalue weighted by molar-refractivity contribution is 6.00. The molecule has 2 amide bonds. The highest BCUT2D eigenvalue weighted by atomic mass is 16.4. The molecule has 9 heteroatoms. The molecule has 0 fully saturated rings. The molecule has 4 aromatic rings. The summed E-state index contributed by atoms with van der Waals surface area (Å²) in [6.45, 7) is 8.31. The van der Waals surface area contributed by atoms with E-state index >= 15 is 0 Å². The molecule has 4 rings (SSSR count). The third-order valence-corrected chi connectivity index (χ3v) is 7.02. The minimum Gasteiger partial charge on any atom is -0.481 e. The zero-order valence-electron chi connectivity index (χ0n) is 23.0. The first-order valence-corrected chi connectivity index (χ1v) is 13.1. The quantitative estimate of drug-likeness (QED) is 0.273. The Labute approximate surface area is 227 Å². The van der Waals surface area contributed by atoms with Gasteiger partial charge in [0.25, 0.3) is 5.91 Å². The number of aliphatic carboxylic acids is 1. The molecule has 204 valence electrons. The molecule has 0 saturated heterocycles. The van der Waals surface area contributed by atoms with Crippen LogP contribution in [-0.2, 0) is 22.6 Å². The average molecular weight is 530 g/mol. The number of aromatic nitrogens is 3. The van der Waals surface area contributed by atoms with Crippen LogP contribution < -0.4 is 10.6 Å². The molecule has 0 spiro atoms. The van der Waals surface area contributed by atoms with Crippen LogP contribution in [0.2, 0.25) is 0 Å². The van der Waals surface area contributed by atoms with Crippen LogP contribution >= 0.6 is 0 Å². The molecule has 39 heavy (non-hydrogen) atoms. The lowest BCUT2D eigenvalue weighted by molar-refractivity contribution is -0.137. The predicted octanol–water partition coefficient (Wildman–Crippen LogP) is 4.78. The van der Waals surface area contributed by atoms with Gasteiger partial charge >= 0.3 is 5.97 Å². The molecule has 1 atom stereocenters. The van der Waals surface area contributed by atoms with Gasteiger partial charge in [-0.25, -0.2) is 0 Å². The number of benzene rings is 2. The van der Waals surface area contributed by atoms with Gasteiger partial charge in [0.1, 0.15) is 6.04 Å². The van der Waals surface area contributed by atoms with Crippen LogP contribution in [0.1, 0.15) is 64.2 Å². The first kappa shape index (κ1) is 27.6. The molecule has 2 aromatic carbocycles. The first-order valence-electron chi connectivity index (χ1n) is 13.1. The Balaban J connectivity index is 1.64. The maximum atomic E-state index is 13.6. The van der Waals surface area contributed by atoms with Gasteiger partial charge in [0.15, 0.2) is 0 Å². The summed E-state index contributed by atoms with van der Waals surface area (Å²) in [4.78, 5) is 36.9. The third kappa shape index (κ3) is 6.19. The Morgan fingerprint density at radius 2 is 1.82 bits per heavy atom. The average Bonchev–Trinajstić information content (AvgIpc) is 3.40. The summed E-state index contributed by atoms with van der Waals surface area (Å²) in [7, 11) is 1.59. The van der Waals surface area contributed by atoms with Gasteiger partial charge in [-0.05, 0) is 81.5 Å². The maximum absolute atomic E-state index is 13.6. The summed E-state index contributed by atoms with van der Waals surface area (Å²) >= 11 is 0. The fourth-order valence-electron chi connectivity index (χ4n) is 4.89. The lowest BCUT2D eigenvalue weighted by Gasteiger charge is -2.18. The molecule has 0 aliphatic rings. The van der Waals surface area contributed by atoms with E-state index in [1.165, 1.54) is 0 Å². The number of nitrogens with zero attached hydrogens (tertiary/aromatic N) is 3. The van der Waals surface area contributed by atoms with Gasteiger partial charge in [-0.2, -0.15) is 5.10 Å². The zero-order valence-corrected chi connectivity index (χ0v) is 23.0. The molecule has 0 aliphatic carbocycles. The monoisotopic (exact) mass is 529 g/mol. The van der Waals surface area contributed by atoms with E-state index in [1.54, 1.807) is 19.2 Å². The van der Waals surface area contributed by atoms with Crippen LogP contribution in [0.3, 0.4) is 0 Å². The molecular formula is C30H35N5O4. The maximum Gasteiger partial charge on any atom is 0.303 e. The summed E-state index contributed by atoms with van der Waals surface area (Å²) in [6, 6.07) is 12.8. The van der Waals surface area contributed by atoms with E-state index in [0.717, 1.165) is 39.0 Å². The van der Waals surface area contributed by atoms with Gasteiger partial charge in [0.2, 0.25) is 5.91 Å². The van der Waals surface area contributed by atoms with Crippen molar-refractivity contribution in [3.05, 3.63) is 82.3 Å².